The number of aliphatic imine (C=N–C) groups is 1. The minimum atomic E-state index is 0.744. The van der Waals surface area contributed by atoms with Crippen LogP contribution in [0.5, 0.6) is 0 Å². The first-order valence-corrected chi connectivity index (χ1v) is 6.30. The fraction of sp³-hybridized carbons (Fsp3) is 0.429. The van der Waals surface area contributed by atoms with Crippen LogP contribution in [0.2, 0.25) is 0 Å². The number of amidine groups is 1. The summed E-state index contributed by atoms with van der Waals surface area (Å²) in [5.41, 5.74) is 2.12. The van der Waals surface area contributed by atoms with Gasteiger partial charge in [-0.3, -0.25) is 4.98 Å². The Morgan fingerprint density at radius 1 is 1.33 bits per heavy atom. The van der Waals surface area contributed by atoms with E-state index in [1.165, 1.54) is 0 Å². The van der Waals surface area contributed by atoms with Gasteiger partial charge in [0.15, 0.2) is 5.84 Å². The van der Waals surface area contributed by atoms with E-state index >= 15 is 0 Å². The number of methoxy groups -OCH3 is 1. The van der Waals surface area contributed by atoms with E-state index in [4.69, 9.17) is 4.74 Å². The molecule has 96 valence electrons. The molecular weight excluding hydrogens is 226 g/mol. The highest BCUT2D eigenvalue weighted by Gasteiger charge is 2.19. The number of hydrogen-bond donors (Lipinski definition) is 0. The summed E-state index contributed by atoms with van der Waals surface area (Å²) < 4.78 is 5.33. The van der Waals surface area contributed by atoms with Crippen LogP contribution in [0.25, 0.3) is 0 Å². The Kier molecular flexibility index (Phi) is 3.97. The lowest BCUT2D eigenvalue weighted by atomic mass is 10.1. The number of fused-ring (bicyclic) bond motifs is 1. The monoisotopic (exact) mass is 245 g/mol. The third kappa shape index (κ3) is 2.37. The molecule has 0 bridgehead atoms. The van der Waals surface area contributed by atoms with Gasteiger partial charge in [-0.2, -0.15) is 0 Å². The quantitative estimate of drug-likeness (QED) is 0.819. The van der Waals surface area contributed by atoms with Gasteiger partial charge in [0, 0.05) is 25.7 Å². The van der Waals surface area contributed by atoms with Gasteiger partial charge in [0.2, 0.25) is 0 Å². The molecule has 0 atom stereocenters. The van der Waals surface area contributed by atoms with Gasteiger partial charge in [0.05, 0.1) is 13.3 Å². The number of rotatable bonds is 3. The summed E-state index contributed by atoms with van der Waals surface area (Å²) in [4.78, 5) is 11.2. The van der Waals surface area contributed by atoms with Crippen LogP contribution in [0.1, 0.15) is 25.1 Å². The van der Waals surface area contributed by atoms with Crippen LogP contribution in [-0.4, -0.2) is 35.9 Å². The zero-order valence-corrected chi connectivity index (χ0v) is 11.2. The minimum Gasteiger partial charge on any atom is -0.499 e. The Morgan fingerprint density at radius 2 is 2.11 bits per heavy atom. The number of aromatic nitrogens is 1. The first-order valence-electron chi connectivity index (χ1n) is 6.30. The van der Waals surface area contributed by atoms with Crippen LogP contribution in [0.4, 0.5) is 0 Å². The predicted molar refractivity (Wildman–Crippen MR) is 72.5 cm³/mol. The van der Waals surface area contributed by atoms with Gasteiger partial charge < -0.3 is 9.64 Å². The van der Waals surface area contributed by atoms with Gasteiger partial charge in [-0.05, 0) is 25.5 Å². The molecule has 2 rings (SSSR count). The van der Waals surface area contributed by atoms with Crippen molar-refractivity contribution in [1.29, 1.82) is 0 Å². The van der Waals surface area contributed by atoms with E-state index in [2.05, 4.69) is 34.8 Å². The summed E-state index contributed by atoms with van der Waals surface area (Å²) in [6.45, 7) is 6.09. The smallest absolute Gasteiger partial charge is 0.154 e. The highest BCUT2D eigenvalue weighted by molar-refractivity contribution is 5.99. The molecule has 0 spiro atoms. The van der Waals surface area contributed by atoms with Gasteiger partial charge in [-0.25, -0.2) is 4.99 Å². The molecule has 0 unspecified atom stereocenters. The molecule has 0 aliphatic carbocycles. The highest BCUT2D eigenvalue weighted by Crippen LogP contribution is 2.18. The number of hydrogen-bond acceptors (Lipinski definition) is 4. The number of ether oxygens (including phenoxy) is 1. The summed E-state index contributed by atoms with van der Waals surface area (Å²) in [5, 5.41) is 0. The summed E-state index contributed by atoms with van der Waals surface area (Å²) in [5.74, 6) is 1.80. The van der Waals surface area contributed by atoms with Crippen LogP contribution in [0.3, 0.4) is 0 Å². The lowest BCUT2D eigenvalue weighted by molar-refractivity contribution is 0.282. The fourth-order valence-corrected chi connectivity index (χ4v) is 2.09. The average molecular weight is 245 g/mol. The van der Waals surface area contributed by atoms with Crippen molar-refractivity contribution in [3.63, 3.8) is 0 Å². The van der Waals surface area contributed by atoms with Gasteiger partial charge in [-0.15, -0.1) is 0 Å². The van der Waals surface area contributed by atoms with Crippen molar-refractivity contribution >= 4 is 5.84 Å². The van der Waals surface area contributed by atoms with E-state index in [0.717, 1.165) is 42.4 Å². The van der Waals surface area contributed by atoms with E-state index in [1.54, 1.807) is 13.3 Å². The summed E-state index contributed by atoms with van der Waals surface area (Å²) >= 11 is 0. The normalized spacial score (nSPS) is 14.2. The van der Waals surface area contributed by atoms with Gasteiger partial charge in [-0.1, -0.05) is 6.07 Å². The third-order valence-corrected chi connectivity index (χ3v) is 3.12. The molecule has 0 fully saturated rings. The lowest BCUT2D eigenvalue weighted by Gasteiger charge is -2.22. The molecule has 1 aliphatic rings. The zero-order chi connectivity index (χ0) is 13.0. The van der Waals surface area contributed by atoms with E-state index in [9.17, 15) is 0 Å². The van der Waals surface area contributed by atoms with Crippen molar-refractivity contribution in [2.45, 2.75) is 20.3 Å². The molecule has 4 nitrogen and oxygen atoms in total. The molecule has 0 aromatic carbocycles. The molecule has 4 heteroatoms. The van der Waals surface area contributed by atoms with Crippen molar-refractivity contribution in [2.24, 2.45) is 4.99 Å². The van der Waals surface area contributed by atoms with E-state index in [0.29, 0.717) is 0 Å². The maximum absolute atomic E-state index is 5.33. The van der Waals surface area contributed by atoms with Crippen LogP contribution in [0.15, 0.2) is 35.3 Å². The number of allylic oxidation sites excluding steroid dienone is 1. The Morgan fingerprint density at radius 3 is 2.78 bits per heavy atom. The van der Waals surface area contributed by atoms with Crippen molar-refractivity contribution < 1.29 is 4.74 Å². The van der Waals surface area contributed by atoms with E-state index in [-0.39, 0.29) is 0 Å². The van der Waals surface area contributed by atoms with Crippen LogP contribution in [-0.2, 0) is 11.2 Å². The molecule has 1 aromatic heterocycles. The maximum Gasteiger partial charge on any atom is 0.154 e. The molecule has 0 amide bonds. The molecule has 1 aliphatic heterocycles. The largest absolute Gasteiger partial charge is 0.499 e. The molecule has 0 saturated carbocycles. The predicted octanol–water partition coefficient (Wildman–Crippen LogP) is 2.21. The fourth-order valence-electron chi connectivity index (χ4n) is 2.09. The zero-order valence-electron chi connectivity index (χ0n) is 11.2. The first kappa shape index (κ1) is 12.6. The Hall–Kier alpha value is -1.84. The van der Waals surface area contributed by atoms with E-state index in [1.807, 2.05) is 12.3 Å². The molecule has 2 heterocycles. The average Bonchev–Trinajstić information content (AvgIpc) is 2.60. The Labute approximate surface area is 108 Å². The summed E-state index contributed by atoms with van der Waals surface area (Å²) in [6, 6.07) is 4.04. The standard InChI is InChI=1S/C14H19N3O/c1-4-17(5-2)14-13-11(7-6-8-15-13)9-12(18-3)10-16-14/h6-8,10H,4-5,9H2,1-3H3. The molecular formula is C14H19N3O. The molecule has 1 aromatic rings. The van der Waals surface area contributed by atoms with E-state index < -0.39 is 0 Å². The SMILES string of the molecule is CCN(CC)C1=NC=C(OC)Cc2cccnc21. The molecule has 0 radical (unpaired) electrons. The summed E-state index contributed by atoms with van der Waals surface area (Å²) in [6.07, 6.45) is 4.36. The second kappa shape index (κ2) is 5.67. The van der Waals surface area contributed by atoms with Crippen molar-refractivity contribution in [3.05, 3.63) is 41.5 Å². The van der Waals surface area contributed by atoms with Crippen LogP contribution < -0.4 is 0 Å². The number of pyridine rings is 1. The first-order chi connectivity index (χ1) is 8.80. The van der Waals surface area contributed by atoms with Crippen molar-refractivity contribution in [3.8, 4) is 0 Å². The maximum atomic E-state index is 5.33. The van der Waals surface area contributed by atoms with Gasteiger partial charge in [0.25, 0.3) is 0 Å². The lowest BCUT2D eigenvalue weighted by Crippen LogP contribution is -2.32. The number of nitrogens with zero attached hydrogens (tertiary/aromatic N) is 3. The highest BCUT2D eigenvalue weighted by atomic mass is 16.5. The topological polar surface area (TPSA) is 37.7 Å². The second-order valence-electron chi connectivity index (χ2n) is 4.11. The molecule has 18 heavy (non-hydrogen) atoms. The minimum absolute atomic E-state index is 0.744. The molecule has 0 N–H and O–H groups in total. The summed E-state index contributed by atoms with van der Waals surface area (Å²) in [7, 11) is 1.68. The van der Waals surface area contributed by atoms with Crippen molar-refractivity contribution in [2.75, 3.05) is 20.2 Å². The van der Waals surface area contributed by atoms with Crippen LogP contribution >= 0.6 is 0 Å². The van der Waals surface area contributed by atoms with Gasteiger partial charge >= 0.3 is 0 Å². The van der Waals surface area contributed by atoms with Crippen LogP contribution in [0, 0.1) is 0 Å². The Bertz CT molecular complexity index is 476. The van der Waals surface area contributed by atoms with Crippen molar-refractivity contribution in [1.82, 2.24) is 9.88 Å². The molecule has 0 saturated heterocycles. The van der Waals surface area contributed by atoms with Gasteiger partial charge in [0.1, 0.15) is 11.5 Å². The second-order valence-corrected chi connectivity index (χ2v) is 4.11. The Balaban J connectivity index is 2.49. The third-order valence-electron chi connectivity index (χ3n) is 3.12.